The van der Waals surface area contributed by atoms with Crippen molar-refractivity contribution in [3.05, 3.63) is 24.5 Å². The van der Waals surface area contributed by atoms with Gasteiger partial charge >= 0.3 is 0 Å². The van der Waals surface area contributed by atoms with E-state index in [1.165, 1.54) is 0 Å². The van der Waals surface area contributed by atoms with Crippen LogP contribution in [0, 0.1) is 5.92 Å². The molecule has 6 nitrogen and oxygen atoms in total. The normalized spacial score (nSPS) is 16.0. The maximum Gasteiger partial charge on any atom is 0.227 e. The molecule has 2 aromatic rings. The van der Waals surface area contributed by atoms with Gasteiger partial charge in [-0.1, -0.05) is 5.16 Å². The van der Waals surface area contributed by atoms with Crippen molar-refractivity contribution in [2.24, 2.45) is 5.92 Å². The molecule has 0 amide bonds. The van der Waals surface area contributed by atoms with Crippen LogP contribution in [0.1, 0.15) is 5.89 Å². The van der Waals surface area contributed by atoms with Gasteiger partial charge in [0.05, 0.1) is 6.20 Å². The highest BCUT2D eigenvalue weighted by Crippen LogP contribution is 2.15. The van der Waals surface area contributed by atoms with E-state index in [9.17, 15) is 0 Å². The Hall–Kier alpha value is -1.82. The van der Waals surface area contributed by atoms with Gasteiger partial charge in [-0.2, -0.15) is 4.98 Å². The minimum atomic E-state index is 0.510. The minimum Gasteiger partial charge on any atom is -0.339 e. The average Bonchev–Trinajstić information content (AvgIpc) is 2.73. The molecule has 0 unspecified atom stereocenters. The van der Waals surface area contributed by atoms with Crippen molar-refractivity contribution in [2.45, 2.75) is 6.42 Å². The van der Waals surface area contributed by atoms with E-state index in [0.29, 0.717) is 23.3 Å². The number of hydrogen-bond donors (Lipinski definition) is 1. The lowest BCUT2D eigenvalue weighted by Gasteiger charge is -2.25. The van der Waals surface area contributed by atoms with Gasteiger partial charge in [0.15, 0.2) is 0 Å². The average molecular weight is 217 g/mol. The molecule has 2 aromatic heterocycles. The highest BCUT2D eigenvalue weighted by Gasteiger charge is 2.20. The van der Waals surface area contributed by atoms with Gasteiger partial charge in [-0.25, -0.2) is 4.98 Å². The number of nitrogens with one attached hydrogen (secondary N) is 1. The molecule has 0 radical (unpaired) electrons. The van der Waals surface area contributed by atoms with E-state index < -0.39 is 0 Å². The van der Waals surface area contributed by atoms with Gasteiger partial charge in [0.1, 0.15) is 5.69 Å². The minimum absolute atomic E-state index is 0.510. The smallest absolute Gasteiger partial charge is 0.227 e. The molecule has 0 saturated carbocycles. The van der Waals surface area contributed by atoms with Crippen molar-refractivity contribution < 1.29 is 4.52 Å². The van der Waals surface area contributed by atoms with Gasteiger partial charge in [0.25, 0.3) is 0 Å². The Bertz CT molecular complexity index is 465. The molecule has 16 heavy (non-hydrogen) atoms. The summed E-state index contributed by atoms with van der Waals surface area (Å²) in [5.41, 5.74) is 0.643. The summed E-state index contributed by atoms with van der Waals surface area (Å²) in [5, 5.41) is 7.10. The summed E-state index contributed by atoms with van der Waals surface area (Å²) in [6.45, 7) is 2.06. The monoisotopic (exact) mass is 217 g/mol. The number of hydrogen-bond acceptors (Lipinski definition) is 6. The van der Waals surface area contributed by atoms with Gasteiger partial charge in [-0.3, -0.25) is 4.98 Å². The van der Waals surface area contributed by atoms with Crippen molar-refractivity contribution in [3.63, 3.8) is 0 Å². The molecule has 82 valence electrons. The van der Waals surface area contributed by atoms with Crippen molar-refractivity contribution in [1.29, 1.82) is 0 Å². The van der Waals surface area contributed by atoms with Crippen LogP contribution in [-0.2, 0) is 6.42 Å². The SMILES string of the molecule is c1cnc(-c2noc(CC3CNC3)n2)cn1. The summed E-state index contributed by atoms with van der Waals surface area (Å²) in [4.78, 5) is 12.4. The molecule has 3 rings (SSSR count). The second-order valence-corrected chi connectivity index (χ2v) is 3.83. The first-order valence-corrected chi connectivity index (χ1v) is 5.21. The van der Waals surface area contributed by atoms with Crippen LogP contribution in [0.4, 0.5) is 0 Å². The van der Waals surface area contributed by atoms with Crippen molar-refractivity contribution >= 4 is 0 Å². The van der Waals surface area contributed by atoms with E-state index in [4.69, 9.17) is 4.52 Å². The molecule has 1 aliphatic rings. The Morgan fingerprint density at radius 3 is 3.00 bits per heavy atom. The summed E-state index contributed by atoms with van der Waals surface area (Å²) in [5.74, 6) is 1.80. The topological polar surface area (TPSA) is 76.7 Å². The van der Waals surface area contributed by atoms with Crippen LogP contribution in [-0.4, -0.2) is 33.2 Å². The fourth-order valence-corrected chi connectivity index (χ4v) is 1.60. The van der Waals surface area contributed by atoms with Gasteiger partial charge in [-0.05, 0) is 19.0 Å². The summed E-state index contributed by atoms with van der Waals surface area (Å²) >= 11 is 0. The third-order valence-electron chi connectivity index (χ3n) is 2.59. The number of aromatic nitrogens is 4. The Morgan fingerprint density at radius 2 is 2.31 bits per heavy atom. The molecule has 0 atom stereocenters. The van der Waals surface area contributed by atoms with Crippen LogP contribution >= 0.6 is 0 Å². The van der Waals surface area contributed by atoms with E-state index >= 15 is 0 Å². The highest BCUT2D eigenvalue weighted by atomic mass is 16.5. The van der Waals surface area contributed by atoms with Gasteiger partial charge in [0.2, 0.25) is 11.7 Å². The summed E-state index contributed by atoms with van der Waals surface area (Å²) in [7, 11) is 0. The predicted octanol–water partition coefficient (Wildman–Crippen LogP) is 0.289. The summed E-state index contributed by atoms with van der Waals surface area (Å²) in [6.07, 6.45) is 5.69. The van der Waals surface area contributed by atoms with Crippen LogP contribution in [0.3, 0.4) is 0 Å². The molecule has 0 bridgehead atoms. The molecular formula is C10H11N5O. The lowest BCUT2D eigenvalue weighted by Crippen LogP contribution is -2.43. The van der Waals surface area contributed by atoms with Crippen LogP contribution in [0.15, 0.2) is 23.1 Å². The second kappa shape index (κ2) is 3.97. The third kappa shape index (κ3) is 1.79. The van der Waals surface area contributed by atoms with E-state index in [1.807, 2.05) is 0 Å². The molecule has 1 aliphatic heterocycles. The predicted molar refractivity (Wildman–Crippen MR) is 55.4 cm³/mol. The Balaban J connectivity index is 1.77. The maximum atomic E-state index is 5.17. The van der Waals surface area contributed by atoms with Crippen LogP contribution in [0.5, 0.6) is 0 Å². The van der Waals surface area contributed by atoms with E-state index in [1.54, 1.807) is 18.6 Å². The highest BCUT2D eigenvalue weighted by molar-refractivity contribution is 5.45. The van der Waals surface area contributed by atoms with Gasteiger partial charge in [0, 0.05) is 18.8 Å². The largest absolute Gasteiger partial charge is 0.339 e. The zero-order valence-corrected chi connectivity index (χ0v) is 8.63. The Morgan fingerprint density at radius 1 is 1.38 bits per heavy atom. The van der Waals surface area contributed by atoms with Crippen molar-refractivity contribution in [1.82, 2.24) is 25.4 Å². The number of rotatable bonds is 3. The Kier molecular flexibility index (Phi) is 2.34. The fourth-order valence-electron chi connectivity index (χ4n) is 1.60. The molecule has 3 heterocycles. The molecular weight excluding hydrogens is 206 g/mol. The van der Waals surface area contributed by atoms with Gasteiger partial charge < -0.3 is 9.84 Å². The zero-order valence-electron chi connectivity index (χ0n) is 8.63. The standard InChI is InChI=1S/C10H11N5O/c1-2-13-8(6-11-1)10-14-9(16-15-10)3-7-4-12-5-7/h1-2,6-7,12H,3-5H2. The van der Waals surface area contributed by atoms with Crippen LogP contribution in [0.25, 0.3) is 11.5 Å². The van der Waals surface area contributed by atoms with Gasteiger partial charge in [-0.15, -0.1) is 0 Å². The van der Waals surface area contributed by atoms with E-state index in [2.05, 4.69) is 25.4 Å². The lowest BCUT2D eigenvalue weighted by molar-refractivity contribution is 0.296. The first-order valence-electron chi connectivity index (χ1n) is 5.21. The third-order valence-corrected chi connectivity index (χ3v) is 2.59. The molecule has 6 heteroatoms. The Labute approximate surface area is 92.1 Å². The molecule has 0 aromatic carbocycles. The quantitative estimate of drug-likeness (QED) is 0.796. The second-order valence-electron chi connectivity index (χ2n) is 3.83. The first kappa shape index (κ1) is 9.41. The number of nitrogens with zero attached hydrogens (tertiary/aromatic N) is 4. The molecule has 1 N–H and O–H groups in total. The van der Waals surface area contributed by atoms with Crippen molar-refractivity contribution in [2.75, 3.05) is 13.1 Å². The molecule has 1 saturated heterocycles. The van der Waals surface area contributed by atoms with E-state index in [-0.39, 0.29) is 0 Å². The summed E-state index contributed by atoms with van der Waals surface area (Å²) < 4.78 is 5.17. The summed E-state index contributed by atoms with van der Waals surface area (Å²) in [6, 6.07) is 0. The van der Waals surface area contributed by atoms with Crippen LogP contribution < -0.4 is 5.32 Å². The molecule has 0 aliphatic carbocycles. The van der Waals surface area contributed by atoms with Crippen LogP contribution in [0.2, 0.25) is 0 Å². The fraction of sp³-hybridized carbons (Fsp3) is 0.400. The maximum absolute atomic E-state index is 5.17. The lowest BCUT2D eigenvalue weighted by atomic mass is 10.00. The molecule has 0 spiro atoms. The van der Waals surface area contributed by atoms with E-state index in [0.717, 1.165) is 19.5 Å². The first-order chi connectivity index (χ1) is 7.92. The zero-order chi connectivity index (χ0) is 10.8. The van der Waals surface area contributed by atoms with Crippen molar-refractivity contribution in [3.8, 4) is 11.5 Å². The molecule has 1 fully saturated rings.